The summed E-state index contributed by atoms with van der Waals surface area (Å²) in [7, 11) is 0. The molecule has 2 aliphatic heterocycles. The minimum Gasteiger partial charge on any atom is -0.470 e. The second-order valence-electron chi connectivity index (χ2n) is 5.25. The fourth-order valence-electron chi connectivity index (χ4n) is 2.81. The van der Waals surface area contributed by atoms with E-state index >= 15 is 0 Å². The molecule has 0 bridgehead atoms. The largest absolute Gasteiger partial charge is 0.470 e. The average molecular weight is 221 g/mol. The summed E-state index contributed by atoms with van der Waals surface area (Å²) in [6, 6.07) is 1.32. The highest BCUT2D eigenvalue weighted by Gasteiger charge is 2.33. The van der Waals surface area contributed by atoms with E-state index in [0.29, 0.717) is 18.0 Å². The molecule has 2 heterocycles. The van der Waals surface area contributed by atoms with Crippen molar-refractivity contribution >= 4 is 0 Å². The van der Waals surface area contributed by atoms with E-state index in [1.165, 1.54) is 12.2 Å². The summed E-state index contributed by atoms with van der Waals surface area (Å²) in [6.45, 7) is 8.04. The molecule has 1 fully saturated rings. The molecule has 2 heteroatoms. The third-order valence-electron chi connectivity index (χ3n) is 3.67. The van der Waals surface area contributed by atoms with Crippen LogP contribution in [0.25, 0.3) is 0 Å². The monoisotopic (exact) mass is 221 g/mol. The molecule has 0 saturated carbocycles. The predicted octanol–water partition coefficient (Wildman–Crippen LogP) is 3.31. The Morgan fingerprint density at radius 1 is 1.38 bits per heavy atom. The van der Waals surface area contributed by atoms with Crippen molar-refractivity contribution in [2.24, 2.45) is 5.92 Å². The summed E-state index contributed by atoms with van der Waals surface area (Å²) in [5.41, 5.74) is 0. The summed E-state index contributed by atoms with van der Waals surface area (Å²) in [4.78, 5) is 2.57. The average Bonchev–Trinajstić information content (AvgIpc) is 2.50. The van der Waals surface area contributed by atoms with Crippen molar-refractivity contribution in [3.05, 3.63) is 24.2 Å². The van der Waals surface area contributed by atoms with Gasteiger partial charge in [-0.25, -0.2) is 0 Å². The second kappa shape index (κ2) is 5.05. The zero-order valence-electron chi connectivity index (χ0n) is 10.6. The lowest BCUT2D eigenvalue weighted by molar-refractivity contribution is 0.208. The fraction of sp³-hybridized carbons (Fsp3) is 0.714. The van der Waals surface area contributed by atoms with Crippen LogP contribution < -0.4 is 0 Å². The summed E-state index contributed by atoms with van der Waals surface area (Å²) in [6.07, 6.45) is 9.72. The fourth-order valence-corrected chi connectivity index (χ4v) is 2.81. The van der Waals surface area contributed by atoms with Crippen LogP contribution in [0.1, 0.15) is 40.0 Å². The maximum absolute atomic E-state index is 5.72. The third kappa shape index (κ3) is 2.49. The van der Waals surface area contributed by atoms with Crippen LogP contribution in [-0.2, 0) is 4.74 Å². The lowest BCUT2D eigenvalue weighted by Gasteiger charge is -2.25. The first kappa shape index (κ1) is 11.7. The van der Waals surface area contributed by atoms with Gasteiger partial charge in [0.1, 0.15) is 5.76 Å². The molecule has 2 aliphatic rings. The van der Waals surface area contributed by atoms with Crippen molar-refractivity contribution in [1.82, 2.24) is 4.90 Å². The first-order valence-corrected chi connectivity index (χ1v) is 6.46. The molecule has 0 amide bonds. The molecule has 16 heavy (non-hydrogen) atoms. The van der Waals surface area contributed by atoms with Gasteiger partial charge in [0.2, 0.25) is 0 Å². The summed E-state index contributed by atoms with van der Waals surface area (Å²) in [5, 5.41) is 0. The number of ether oxygens (including phenoxy) is 1. The quantitative estimate of drug-likeness (QED) is 0.709. The summed E-state index contributed by atoms with van der Waals surface area (Å²) < 4.78 is 5.72. The van der Waals surface area contributed by atoms with Gasteiger partial charge in [-0.1, -0.05) is 0 Å². The number of rotatable bonds is 2. The molecule has 2 nitrogen and oxygen atoms in total. The smallest absolute Gasteiger partial charge is 0.104 e. The van der Waals surface area contributed by atoms with Gasteiger partial charge in [0.25, 0.3) is 0 Å². The summed E-state index contributed by atoms with van der Waals surface area (Å²) >= 11 is 0. The normalized spacial score (nSPS) is 31.4. The predicted molar refractivity (Wildman–Crippen MR) is 67.0 cm³/mol. The molecule has 0 aromatic heterocycles. The van der Waals surface area contributed by atoms with Gasteiger partial charge >= 0.3 is 0 Å². The number of nitrogens with zero attached hydrogens (tertiary/aromatic N) is 1. The number of hydrogen-bond acceptors (Lipinski definition) is 2. The van der Waals surface area contributed by atoms with Gasteiger partial charge in [0, 0.05) is 24.5 Å². The van der Waals surface area contributed by atoms with Gasteiger partial charge < -0.3 is 4.74 Å². The molecular formula is C14H23NO. The van der Waals surface area contributed by atoms with Crippen LogP contribution in [0.5, 0.6) is 0 Å². The van der Waals surface area contributed by atoms with E-state index in [9.17, 15) is 0 Å². The van der Waals surface area contributed by atoms with Gasteiger partial charge in [0.05, 0.1) is 6.26 Å². The van der Waals surface area contributed by atoms with Crippen molar-refractivity contribution in [2.45, 2.75) is 52.1 Å². The molecule has 2 atom stereocenters. The number of allylic oxidation sites excluding steroid dienone is 2. The Morgan fingerprint density at radius 3 is 2.88 bits per heavy atom. The number of likely N-dealkylation sites (tertiary alicyclic amines) is 1. The highest BCUT2D eigenvalue weighted by atomic mass is 16.5. The zero-order valence-corrected chi connectivity index (χ0v) is 10.6. The van der Waals surface area contributed by atoms with Crippen LogP contribution >= 0.6 is 0 Å². The zero-order chi connectivity index (χ0) is 11.5. The molecule has 0 radical (unpaired) electrons. The van der Waals surface area contributed by atoms with Crippen molar-refractivity contribution in [2.75, 3.05) is 6.54 Å². The molecule has 0 unspecified atom stereocenters. The minimum absolute atomic E-state index is 0.597. The first-order chi connectivity index (χ1) is 7.68. The first-order valence-electron chi connectivity index (χ1n) is 6.46. The van der Waals surface area contributed by atoms with Crippen LogP contribution in [0.3, 0.4) is 0 Å². The van der Waals surface area contributed by atoms with E-state index in [0.717, 1.165) is 19.4 Å². The Labute approximate surface area is 99.0 Å². The highest BCUT2D eigenvalue weighted by Crippen LogP contribution is 2.31. The maximum Gasteiger partial charge on any atom is 0.104 e. The van der Waals surface area contributed by atoms with Crippen molar-refractivity contribution < 1.29 is 4.74 Å². The molecule has 0 aromatic carbocycles. The van der Waals surface area contributed by atoms with Crippen LogP contribution in [0.15, 0.2) is 24.2 Å². The number of hydrogen-bond donors (Lipinski definition) is 0. The minimum atomic E-state index is 0.597. The van der Waals surface area contributed by atoms with Gasteiger partial charge in [-0.15, -0.1) is 0 Å². The Hall–Kier alpha value is -0.760. The van der Waals surface area contributed by atoms with Crippen molar-refractivity contribution in [1.29, 1.82) is 0 Å². The Morgan fingerprint density at radius 2 is 2.19 bits per heavy atom. The molecule has 0 spiro atoms. The Balaban J connectivity index is 2.01. The van der Waals surface area contributed by atoms with Gasteiger partial charge in [0.15, 0.2) is 0 Å². The second-order valence-corrected chi connectivity index (χ2v) is 5.25. The molecule has 0 aliphatic carbocycles. The molecular weight excluding hydrogens is 198 g/mol. The van der Waals surface area contributed by atoms with Crippen LogP contribution in [-0.4, -0.2) is 23.5 Å². The highest BCUT2D eigenvalue weighted by molar-refractivity contribution is 5.08. The van der Waals surface area contributed by atoms with E-state index in [1.54, 1.807) is 0 Å². The topological polar surface area (TPSA) is 12.5 Å². The van der Waals surface area contributed by atoms with Crippen LogP contribution in [0.2, 0.25) is 0 Å². The Bertz CT molecular complexity index is 293. The van der Waals surface area contributed by atoms with Crippen molar-refractivity contribution in [3.8, 4) is 0 Å². The van der Waals surface area contributed by atoms with E-state index in [1.807, 2.05) is 6.26 Å². The maximum atomic E-state index is 5.72. The SMILES string of the molecule is CC(C)N1C[C@@H](C2=CCCC=CO2)C[C@H]1C. The van der Waals surface area contributed by atoms with Gasteiger partial charge in [-0.3, -0.25) is 4.90 Å². The molecule has 0 aromatic rings. The Kier molecular flexibility index (Phi) is 3.70. The van der Waals surface area contributed by atoms with E-state index in [-0.39, 0.29) is 0 Å². The van der Waals surface area contributed by atoms with E-state index < -0.39 is 0 Å². The molecule has 0 N–H and O–H groups in total. The van der Waals surface area contributed by atoms with Gasteiger partial charge in [-0.2, -0.15) is 0 Å². The lowest BCUT2D eigenvalue weighted by Crippen LogP contribution is -2.33. The lowest BCUT2D eigenvalue weighted by atomic mass is 10.0. The van der Waals surface area contributed by atoms with Crippen LogP contribution in [0.4, 0.5) is 0 Å². The van der Waals surface area contributed by atoms with E-state index in [2.05, 4.69) is 37.8 Å². The molecule has 2 rings (SSSR count). The van der Waals surface area contributed by atoms with Gasteiger partial charge in [-0.05, 0) is 52.2 Å². The third-order valence-corrected chi connectivity index (χ3v) is 3.67. The summed E-state index contributed by atoms with van der Waals surface area (Å²) in [5.74, 6) is 1.80. The van der Waals surface area contributed by atoms with Crippen molar-refractivity contribution in [3.63, 3.8) is 0 Å². The molecule has 90 valence electrons. The van der Waals surface area contributed by atoms with E-state index in [4.69, 9.17) is 4.74 Å². The standard InChI is InChI=1S/C14H23NO/c1-11(2)15-10-13(9-12(15)3)14-7-5-4-6-8-16-14/h6-8,11-13H,4-5,9-10H2,1-3H3/t12-,13+/m1/s1. The van der Waals surface area contributed by atoms with Crippen LogP contribution in [0, 0.1) is 5.92 Å². The molecule has 1 saturated heterocycles.